The number of carbonyl (C=O) groups excluding carboxylic acids is 2. The van der Waals surface area contributed by atoms with E-state index < -0.39 is 44.2 Å². The average Bonchev–Trinajstić information content (AvgIpc) is 3.29. The van der Waals surface area contributed by atoms with Gasteiger partial charge in [0.15, 0.2) is 5.82 Å². The predicted octanol–water partition coefficient (Wildman–Crippen LogP) is -1.53. The van der Waals surface area contributed by atoms with Crippen LogP contribution in [0.3, 0.4) is 0 Å². The minimum absolute atomic E-state index is 0. The first-order valence-electron chi connectivity index (χ1n) is 15.6. The van der Waals surface area contributed by atoms with Crippen molar-refractivity contribution >= 4 is 51.0 Å². The van der Waals surface area contributed by atoms with Crippen LogP contribution in [0.4, 0.5) is 5.82 Å². The molecule has 2 aliphatic carbocycles. The number of halogens is 2. The number of aliphatic carboxylic acids is 1. The fraction of sp³-hybridized carbons (Fsp3) is 0.800. The number of unbranched alkanes of at least 4 members (excludes halogenated alkanes) is 1. The van der Waals surface area contributed by atoms with E-state index in [0.717, 1.165) is 19.3 Å². The Morgan fingerprint density at radius 2 is 1.77 bits per heavy atom. The standard InChI is InChI=1S/C30H46Cl2N6O6S.2K/c1-6-18(9-7-8-12-45(42,43)44)19-10-11-24(25(15-19)34-17(2)39)35-36-28-21(16-33)27(30(3,4)5)37-38(28)26-22(31)13-20(29(40)41)14-23(26)32;;/h18-20,22-26H,6-15H2,1-5H3,(H,34,39)(H,40,41)(H,42,43,44);;/q;2*+1/p-2. The second-order valence-electron chi connectivity index (χ2n) is 13.5. The summed E-state index contributed by atoms with van der Waals surface area (Å²) in [5.74, 6) is -1.82. The molecule has 47 heavy (non-hydrogen) atoms. The maximum Gasteiger partial charge on any atom is 1.00 e. The van der Waals surface area contributed by atoms with Gasteiger partial charge in [-0.2, -0.15) is 15.5 Å². The van der Waals surface area contributed by atoms with Crippen molar-refractivity contribution < 1.29 is 130 Å². The molecule has 2 saturated carbocycles. The van der Waals surface area contributed by atoms with Gasteiger partial charge in [-0.25, -0.2) is 13.1 Å². The maximum absolute atomic E-state index is 12.2. The van der Waals surface area contributed by atoms with Gasteiger partial charge in [-0.05, 0) is 50.4 Å². The Morgan fingerprint density at radius 1 is 1.15 bits per heavy atom. The monoisotopic (exact) mass is 764 g/mol. The number of nitriles is 1. The van der Waals surface area contributed by atoms with E-state index in [1.807, 2.05) is 20.8 Å². The third kappa shape index (κ3) is 13.2. The molecular weight excluding hydrogens is 722 g/mol. The van der Waals surface area contributed by atoms with Gasteiger partial charge in [-0.3, -0.25) is 4.79 Å². The van der Waals surface area contributed by atoms with Crippen LogP contribution in [0, 0.1) is 29.1 Å². The number of carbonyl (C=O) groups is 2. The molecule has 1 aromatic heterocycles. The van der Waals surface area contributed by atoms with E-state index in [0.29, 0.717) is 37.3 Å². The van der Waals surface area contributed by atoms with Crippen molar-refractivity contribution in [3.05, 3.63) is 11.3 Å². The number of carboxylic acids is 1. The second-order valence-corrected chi connectivity index (χ2v) is 16.1. The van der Waals surface area contributed by atoms with Gasteiger partial charge in [0.1, 0.15) is 11.6 Å². The summed E-state index contributed by atoms with van der Waals surface area (Å²) in [7, 11) is -4.23. The van der Waals surface area contributed by atoms with Crippen LogP contribution in [0.15, 0.2) is 10.2 Å². The molecule has 1 N–H and O–H groups in total. The summed E-state index contributed by atoms with van der Waals surface area (Å²) in [6.07, 6.45) is 4.98. The molecule has 252 valence electrons. The van der Waals surface area contributed by atoms with Crippen molar-refractivity contribution in [2.45, 2.75) is 127 Å². The van der Waals surface area contributed by atoms with Crippen LogP contribution in [0.25, 0.3) is 0 Å². The molecule has 0 saturated heterocycles. The average molecular weight is 766 g/mol. The van der Waals surface area contributed by atoms with Gasteiger partial charge in [-0.15, -0.1) is 28.3 Å². The number of nitrogens with zero attached hydrogens (tertiary/aromatic N) is 5. The molecular formula is C30H44Cl2K2N6O6S. The van der Waals surface area contributed by atoms with Gasteiger partial charge in [0.25, 0.3) is 0 Å². The van der Waals surface area contributed by atoms with Gasteiger partial charge in [0.2, 0.25) is 5.91 Å². The van der Waals surface area contributed by atoms with E-state index in [-0.39, 0.29) is 157 Å². The zero-order valence-electron chi connectivity index (χ0n) is 28.5. The molecule has 12 nitrogen and oxygen atoms in total. The summed E-state index contributed by atoms with van der Waals surface area (Å²) < 4.78 is 34.5. The summed E-state index contributed by atoms with van der Waals surface area (Å²) in [4.78, 5) is 23.8. The SMILES string of the molecule is CCC(CCCCS(=O)(=O)[O-])C1CCC(N=Nc2c(C#N)c(C(C)(C)C)nn2C2C(Cl)CC(C(=O)[O-])CC2Cl)C(NC(C)=O)C1.[K+].[K+]. The van der Waals surface area contributed by atoms with Crippen molar-refractivity contribution in [2.24, 2.45) is 28.0 Å². The topological polar surface area (TPSA) is 193 Å². The minimum atomic E-state index is -4.23. The second kappa shape index (κ2) is 20.3. The van der Waals surface area contributed by atoms with Gasteiger partial charge < -0.3 is 19.8 Å². The van der Waals surface area contributed by atoms with Crippen LogP contribution in [-0.4, -0.2) is 63.2 Å². The van der Waals surface area contributed by atoms with E-state index in [2.05, 4.69) is 28.5 Å². The number of carboxylic acid groups (broad SMARTS) is 1. The molecule has 0 radical (unpaired) electrons. The number of rotatable bonds is 12. The van der Waals surface area contributed by atoms with Crippen LogP contribution in [0.5, 0.6) is 0 Å². The number of nitrogens with one attached hydrogen (secondary N) is 1. The van der Waals surface area contributed by atoms with Crippen molar-refractivity contribution in [1.82, 2.24) is 15.1 Å². The molecule has 0 aromatic carbocycles. The zero-order chi connectivity index (χ0) is 33.7. The molecule has 0 aliphatic heterocycles. The molecule has 2 aliphatic rings. The third-order valence-corrected chi connectivity index (χ3v) is 10.7. The Morgan fingerprint density at radius 3 is 2.26 bits per heavy atom. The number of aromatic nitrogens is 2. The van der Waals surface area contributed by atoms with E-state index in [1.165, 1.54) is 11.6 Å². The summed E-state index contributed by atoms with van der Waals surface area (Å²) in [6, 6.07) is 0.883. The first-order chi connectivity index (χ1) is 21.0. The first kappa shape index (κ1) is 46.0. The minimum Gasteiger partial charge on any atom is -0.748 e. The number of azo groups is 1. The smallest absolute Gasteiger partial charge is 0.748 e. The Hall–Kier alpha value is 1.00. The molecule has 0 bridgehead atoms. The molecule has 0 spiro atoms. The Balaban J connectivity index is 0.00000552. The Bertz CT molecular complexity index is 1390. The molecule has 2 fully saturated rings. The van der Waals surface area contributed by atoms with Crippen molar-refractivity contribution in [2.75, 3.05) is 5.75 Å². The maximum atomic E-state index is 12.2. The van der Waals surface area contributed by atoms with Gasteiger partial charge in [0, 0.05) is 30.0 Å². The summed E-state index contributed by atoms with van der Waals surface area (Å²) in [5, 5.41) is 37.4. The van der Waals surface area contributed by atoms with Crippen LogP contribution in [0.2, 0.25) is 0 Å². The van der Waals surface area contributed by atoms with Crippen LogP contribution >= 0.6 is 23.2 Å². The van der Waals surface area contributed by atoms with E-state index in [1.54, 1.807) is 0 Å². The predicted molar refractivity (Wildman–Crippen MR) is 167 cm³/mol. The third-order valence-electron chi connectivity index (χ3n) is 9.04. The van der Waals surface area contributed by atoms with Gasteiger partial charge in [-0.1, -0.05) is 47.0 Å². The van der Waals surface area contributed by atoms with E-state index >= 15 is 0 Å². The Kier molecular flexibility index (Phi) is 19.9. The van der Waals surface area contributed by atoms with Crippen LogP contribution < -0.4 is 113 Å². The summed E-state index contributed by atoms with van der Waals surface area (Å²) >= 11 is 13.4. The van der Waals surface area contributed by atoms with Gasteiger partial charge >= 0.3 is 103 Å². The largest absolute Gasteiger partial charge is 1.00 e. The Labute approximate surface area is 373 Å². The molecule has 3 rings (SSSR count). The van der Waals surface area contributed by atoms with Crippen molar-refractivity contribution in [3.63, 3.8) is 0 Å². The number of hydrogen-bond acceptors (Lipinski definition) is 10. The van der Waals surface area contributed by atoms with E-state index in [9.17, 15) is 32.9 Å². The quantitative estimate of drug-likeness (QED) is 0.0872. The zero-order valence-corrected chi connectivity index (χ0v) is 37.1. The van der Waals surface area contributed by atoms with Crippen LogP contribution in [0.1, 0.15) is 110 Å². The van der Waals surface area contributed by atoms with Crippen molar-refractivity contribution in [1.29, 1.82) is 5.26 Å². The van der Waals surface area contributed by atoms with Crippen LogP contribution in [-0.2, 0) is 25.1 Å². The fourth-order valence-corrected chi connectivity index (χ4v) is 8.39. The fourth-order valence-electron chi connectivity index (χ4n) is 6.76. The van der Waals surface area contributed by atoms with E-state index in [4.69, 9.17) is 28.3 Å². The van der Waals surface area contributed by atoms with Crippen molar-refractivity contribution in [3.8, 4) is 6.07 Å². The molecule has 17 heteroatoms. The summed E-state index contributed by atoms with van der Waals surface area (Å²) in [6.45, 7) is 9.29. The first-order valence-corrected chi connectivity index (χ1v) is 18.0. The normalized spacial score (nSPS) is 27.3. The number of alkyl halides is 2. The molecule has 6 atom stereocenters. The van der Waals surface area contributed by atoms with Gasteiger partial charge in [0.05, 0.1) is 44.7 Å². The molecule has 1 heterocycles. The molecule has 1 amide bonds. The molecule has 1 aromatic rings. The molecule has 6 unspecified atom stereocenters. The summed E-state index contributed by atoms with van der Waals surface area (Å²) in [5.41, 5.74) is 0.194. The number of hydrogen-bond donors (Lipinski definition) is 1. The number of amides is 1.